The van der Waals surface area contributed by atoms with Gasteiger partial charge in [0.2, 0.25) is 5.88 Å². The molecule has 1 heterocycles. The first-order chi connectivity index (χ1) is 10.0. The van der Waals surface area contributed by atoms with E-state index in [-0.39, 0.29) is 17.0 Å². The Hall–Kier alpha value is -2.41. The molecule has 0 aliphatic rings. The molecule has 2 rings (SSSR count). The first-order valence-electron chi connectivity index (χ1n) is 5.85. The van der Waals surface area contributed by atoms with Crippen molar-refractivity contribution in [2.75, 3.05) is 12.4 Å². The van der Waals surface area contributed by atoms with Gasteiger partial charge in [-0.3, -0.25) is 4.79 Å². The Bertz CT molecular complexity index is 703. The van der Waals surface area contributed by atoms with Crippen LogP contribution >= 0.6 is 15.9 Å². The zero-order valence-corrected chi connectivity index (χ0v) is 12.5. The summed E-state index contributed by atoms with van der Waals surface area (Å²) >= 11 is 3.20. The summed E-state index contributed by atoms with van der Waals surface area (Å²) in [6.45, 7) is 0. The molecule has 7 heteroatoms. The summed E-state index contributed by atoms with van der Waals surface area (Å²) in [5, 5.41) is 11.6. The van der Waals surface area contributed by atoms with Gasteiger partial charge in [0.05, 0.1) is 12.7 Å². The van der Waals surface area contributed by atoms with E-state index in [1.54, 1.807) is 18.2 Å². The molecule has 0 aliphatic carbocycles. The normalized spacial score (nSPS) is 10.0. The lowest BCUT2D eigenvalue weighted by atomic mass is 10.2. The molecule has 0 radical (unpaired) electrons. The summed E-state index contributed by atoms with van der Waals surface area (Å²) in [6.07, 6.45) is 1.51. The van der Waals surface area contributed by atoms with Crippen LogP contribution < -0.4 is 10.1 Å². The molecule has 1 aromatic carbocycles. The number of hydrogen-bond acceptors (Lipinski definition) is 4. The van der Waals surface area contributed by atoms with E-state index in [9.17, 15) is 9.59 Å². The van der Waals surface area contributed by atoms with Crippen LogP contribution in [-0.2, 0) is 0 Å². The Morgan fingerprint density at radius 3 is 2.76 bits per heavy atom. The van der Waals surface area contributed by atoms with Crippen molar-refractivity contribution in [3.8, 4) is 5.88 Å². The fourth-order valence-corrected chi connectivity index (χ4v) is 2.20. The summed E-state index contributed by atoms with van der Waals surface area (Å²) in [5.41, 5.74) is 0.687. The molecule has 21 heavy (non-hydrogen) atoms. The van der Waals surface area contributed by atoms with Crippen LogP contribution in [0.1, 0.15) is 20.7 Å². The quantitative estimate of drug-likeness (QED) is 0.884. The highest BCUT2D eigenvalue weighted by molar-refractivity contribution is 9.10. The number of ether oxygens (including phenoxy) is 1. The van der Waals surface area contributed by atoms with Crippen molar-refractivity contribution in [1.29, 1.82) is 0 Å². The number of nitrogens with one attached hydrogen (secondary N) is 1. The number of carboxylic acid groups (broad SMARTS) is 1. The van der Waals surface area contributed by atoms with Crippen LogP contribution in [0.25, 0.3) is 0 Å². The molecule has 0 saturated carbocycles. The molecule has 0 unspecified atom stereocenters. The maximum atomic E-state index is 12.2. The summed E-state index contributed by atoms with van der Waals surface area (Å²) in [5.74, 6) is -1.32. The average molecular weight is 351 g/mol. The number of carbonyl (C=O) groups is 2. The van der Waals surface area contributed by atoms with E-state index in [1.165, 1.54) is 25.4 Å². The number of rotatable bonds is 4. The monoisotopic (exact) mass is 350 g/mol. The van der Waals surface area contributed by atoms with Gasteiger partial charge in [0.1, 0.15) is 5.56 Å². The van der Waals surface area contributed by atoms with Crippen LogP contribution in [0.4, 0.5) is 5.69 Å². The van der Waals surface area contributed by atoms with Crippen molar-refractivity contribution in [3.63, 3.8) is 0 Å². The Kier molecular flexibility index (Phi) is 4.54. The molecule has 0 spiro atoms. The van der Waals surface area contributed by atoms with Gasteiger partial charge in [0.15, 0.2) is 0 Å². The molecule has 1 aromatic heterocycles. The van der Waals surface area contributed by atoms with Gasteiger partial charge in [-0.15, -0.1) is 0 Å². The van der Waals surface area contributed by atoms with Crippen LogP contribution in [0.2, 0.25) is 0 Å². The molecule has 1 amide bonds. The van der Waals surface area contributed by atoms with Crippen molar-refractivity contribution < 1.29 is 19.4 Å². The van der Waals surface area contributed by atoms with E-state index in [1.807, 2.05) is 0 Å². The molecular formula is C14H11BrN2O4. The minimum absolute atomic E-state index is 0.0674. The van der Waals surface area contributed by atoms with E-state index in [0.717, 1.165) is 0 Å². The number of anilines is 1. The molecule has 108 valence electrons. The van der Waals surface area contributed by atoms with Gasteiger partial charge in [-0.05, 0) is 30.3 Å². The van der Waals surface area contributed by atoms with Crippen molar-refractivity contribution in [2.24, 2.45) is 0 Å². The summed E-state index contributed by atoms with van der Waals surface area (Å²) in [4.78, 5) is 27.1. The maximum Gasteiger partial charge on any atom is 0.335 e. The predicted octanol–water partition coefficient (Wildman–Crippen LogP) is 2.80. The van der Waals surface area contributed by atoms with Crippen LogP contribution in [0.3, 0.4) is 0 Å². The van der Waals surface area contributed by atoms with Crippen LogP contribution in [0.5, 0.6) is 5.88 Å². The molecule has 0 atom stereocenters. The fourth-order valence-electron chi connectivity index (χ4n) is 1.71. The van der Waals surface area contributed by atoms with E-state index < -0.39 is 11.9 Å². The minimum Gasteiger partial charge on any atom is -0.480 e. The summed E-state index contributed by atoms with van der Waals surface area (Å²) in [7, 11) is 1.42. The maximum absolute atomic E-state index is 12.2. The van der Waals surface area contributed by atoms with Gasteiger partial charge >= 0.3 is 5.97 Å². The third-order valence-corrected chi connectivity index (χ3v) is 3.07. The number of carbonyl (C=O) groups excluding carboxylic acids is 1. The highest BCUT2D eigenvalue weighted by Crippen LogP contribution is 2.22. The third-order valence-electron chi connectivity index (χ3n) is 2.61. The highest BCUT2D eigenvalue weighted by atomic mass is 79.9. The molecule has 2 N–H and O–H groups in total. The van der Waals surface area contributed by atoms with Crippen molar-refractivity contribution in [3.05, 3.63) is 52.1 Å². The zero-order valence-electron chi connectivity index (χ0n) is 11.0. The molecule has 6 nitrogen and oxygen atoms in total. The molecule has 0 aliphatic heterocycles. The fraction of sp³-hybridized carbons (Fsp3) is 0.0714. The van der Waals surface area contributed by atoms with Gasteiger partial charge < -0.3 is 15.2 Å². The SMILES string of the molecule is COc1ncccc1C(=O)Nc1cc(Br)cc(C(=O)O)c1. The van der Waals surface area contributed by atoms with Crippen LogP contribution in [0.15, 0.2) is 41.0 Å². The number of carboxylic acids is 1. The predicted molar refractivity (Wildman–Crippen MR) is 79.8 cm³/mol. The smallest absolute Gasteiger partial charge is 0.335 e. The first-order valence-corrected chi connectivity index (χ1v) is 6.65. The first kappa shape index (κ1) is 15.0. The Morgan fingerprint density at radius 2 is 2.10 bits per heavy atom. The van der Waals surface area contributed by atoms with Crippen molar-refractivity contribution in [1.82, 2.24) is 4.98 Å². The highest BCUT2D eigenvalue weighted by Gasteiger charge is 2.14. The number of pyridine rings is 1. The number of nitrogens with zero attached hydrogens (tertiary/aromatic N) is 1. The molecule has 0 fully saturated rings. The van der Waals surface area contributed by atoms with E-state index in [4.69, 9.17) is 9.84 Å². The molecule has 0 saturated heterocycles. The zero-order chi connectivity index (χ0) is 15.4. The lowest BCUT2D eigenvalue weighted by Gasteiger charge is -2.09. The minimum atomic E-state index is -1.08. The largest absolute Gasteiger partial charge is 0.480 e. The van der Waals surface area contributed by atoms with Crippen molar-refractivity contribution >= 4 is 33.5 Å². The Morgan fingerprint density at radius 1 is 1.33 bits per heavy atom. The number of benzene rings is 1. The average Bonchev–Trinajstić information content (AvgIpc) is 2.46. The second-order valence-electron chi connectivity index (χ2n) is 4.05. The van der Waals surface area contributed by atoms with Crippen LogP contribution in [-0.4, -0.2) is 29.1 Å². The molecule has 2 aromatic rings. The summed E-state index contributed by atoms with van der Waals surface area (Å²) < 4.78 is 5.57. The van der Waals surface area contributed by atoms with E-state index >= 15 is 0 Å². The van der Waals surface area contributed by atoms with Crippen LogP contribution in [0, 0.1) is 0 Å². The molecule has 0 bridgehead atoms. The van der Waals surface area contributed by atoms with E-state index in [0.29, 0.717) is 10.2 Å². The third kappa shape index (κ3) is 3.57. The Balaban J connectivity index is 2.29. The number of methoxy groups -OCH3 is 1. The standard InChI is InChI=1S/C14H11BrN2O4/c1-21-13-11(3-2-4-16-13)12(18)17-10-6-8(14(19)20)5-9(15)7-10/h2-7H,1H3,(H,17,18)(H,19,20). The number of hydrogen-bond donors (Lipinski definition) is 2. The number of amides is 1. The summed E-state index contributed by atoms with van der Waals surface area (Å²) in [6, 6.07) is 7.60. The topological polar surface area (TPSA) is 88.5 Å². The molecular weight excluding hydrogens is 340 g/mol. The van der Waals surface area contributed by atoms with Gasteiger partial charge in [-0.25, -0.2) is 9.78 Å². The number of halogens is 1. The van der Waals surface area contributed by atoms with Gasteiger partial charge in [0.25, 0.3) is 5.91 Å². The van der Waals surface area contributed by atoms with Crippen molar-refractivity contribution in [2.45, 2.75) is 0 Å². The second kappa shape index (κ2) is 6.36. The van der Waals surface area contributed by atoms with Gasteiger partial charge in [-0.2, -0.15) is 0 Å². The number of aromatic nitrogens is 1. The second-order valence-corrected chi connectivity index (χ2v) is 4.96. The van der Waals surface area contributed by atoms with E-state index in [2.05, 4.69) is 26.2 Å². The lowest BCUT2D eigenvalue weighted by Crippen LogP contribution is -2.14. The lowest BCUT2D eigenvalue weighted by molar-refractivity contribution is 0.0696. The number of aromatic carboxylic acids is 1. The van der Waals surface area contributed by atoms with Gasteiger partial charge in [-0.1, -0.05) is 15.9 Å². The van der Waals surface area contributed by atoms with Gasteiger partial charge in [0, 0.05) is 16.4 Å². The Labute approximate surface area is 128 Å².